The summed E-state index contributed by atoms with van der Waals surface area (Å²) in [4.78, 5) is 4.30. The second kappa shape index (κ2) is 7.28. The molecule has 0 bridgehead atoms. The molecule has 1 aliphatic rings. The molecular formula is C16H25ClN2O. The molecule has 1 N–H and O–H groups in total. The van der Waals surface area contributed by atoms with Crippen LogP contribution in [0, 0.1) is 5.92 Å². The van der Waals surface area contributed by atoms with E-state index in [-0.39, 0.29) is 0 Å². The number of rotatable bonds is 5. The zero-order valence-corrected chi connectivity index (χ0v) is 13.4. The van der Waals surface area contributed by atoms with Gasteiger partial charge in [0.05, 0.1) is 5.02 Å². The topological polar surface area (TPSA) is 34.1 Å². The minimum absolute atomic E-state index is 0.311. The van der Waals surface area contributed by atoms with E-state index < -0.39 is 0 Å². The van der Waals surface area contributed by atoms with Crippen molar-refractivity contribution in [2.75, 3.05) is 0 Å². The van der Waals surface area contributed by atoms with E-state index >= 15 is 0 Å². The first-order chi connectivity index (χ1) is 9.54. The van der Waals surface area contributed by atoms with Gasteiger partial charge in [-0.05, 0) is 37.2 Å². The Morgan fingerprint density at radius 1 is 1.35 bits per heavy atom. The summed E-state index contributed by atoms with van der Waals surface area (Å²) in [6.45, 7) is 7.30. The van der Waals surface area contributed by atoms with Gasteiger partial charge in [-0.1, -0.05) is 32.4 Å². The molecule has 0 atom stereocenters. The quantitative estimate of drug-likeness (QED) is 0.884. The Bertz CT molecular complexity index is 428. The number of pyridine rings is 1. The van der Waals surface area contributed by atoms with Gasteiger partial charge in [-0.2, -0.15) is 0 Å². The summed E-state index contributed by atoms with van der Waals surface area (Å²) in [6.07, 6.45) is 6.77. The van der Waals surface area contributed by atoms with Gasteiger partial charge in [0.25, 0.3) is 0 Å². The van der Waals surface area contributed by atoms with E-state index in [4.69, 9.17) is 16.3 Å². The lowest BCUT2D eigenvalue weighted by Gasteiger charge is -2.26. The summed E-state index contributed by atoms with van der Waals surface area (Å²) in [5.41, 5.74) is 1.05. The van der Waals surface area contributed by atoms with Crippen LogP contribution in [0.5, 0.6) is 5.88 Å². The molecule has 112 valence electrons. The van der Waals surface area contributed by atoms with Crippen molar-refractivity contribution in [3.8, 4) is 5.88 Å². The standard InChI is InChI=1S/C16H25ClN2O/c1-11(2)18-9-13-8-16(19-10-15(13)17)20-14-6-4-12(3)5-7-14/h8,10-12,14,18H,4-7,9H2,1-3H3. The van der Waals surface area contributed by atoms with Gasteiger partial charge in [0, 0.05) is 24.8 Å². The molecular weight excluding hydrogens is 272 g/mol. The first-order valence-corrected chi connectivity index (χ1v) is 7.97. The molecule has 0 unspecified atom stereocenters. The van der Waals surface area contributed by atoms with E-state index in [1.165, 1.54) is 12.8 Å². The summed E-state index contributed by atoms with van der Waals surface area (Å²) < 4.78 is 6.01. The van der Waals surface area contributed by atoms with Gasteiger partial charge >= 0.3 is 0 Å². The fraction of sp³-hybridized carbons (Fsp3) is 0.688. The van der Waals surface area contributed by atoms with Crippen molar-refractivity contribution in [2.45, 2.75) is 65.1 Å². The maximum atomic E-state index is 6.18. The van der Waals surface area contributed by atoms with Crippen LogP contribution in [0.25, 0.3) is 0 Å². The lowest BCUT2D eigenvalue weighted by molar-refractivity contribution is 0.130. The average Bonchev–Trinajstić information content (AvgIpc) is 2.42. The molecule has 0 aliphatic heterocycles. The Kier molecular flexibility index (Phi) is 5.67. The molecule has 1 aromatic rings. The highest BCUT2D eigenvalue weighted by Crippen LogP contribution is 2.27. The van der Waals surface area contributed by atoms with Gasteiger partial charge in [0.15, 0.2) is 0 Å². The van der Waals surface area contributed by atoms with Crippen molar-refractivity contribution >= 4 is 11.6 Å². The van der Waals surface area contributed by atoms with Gasteiger partial charge in [0.1, 0.15) is 6.10 Å². The van der Waals surface area contributed by atoms with E-state index in [9.17, 15) is 0 Å². The Morgan fingerprint density at radius 2 is 2.05 bits per heavy atom. The van der Waals surface area contributed by atoms with Crippen LogP contribution in [0.4, 0.5) is 0 Å². The predicted molar refractivity (Wildman–Crippen MR) is 83.3 cm³/mol. The van der Waals surface area contributed by atoms with Crippen LogP contribution in [0.2, 0.25) is 5.02 Å². The third kappa shape index (κ3) is 4.64. The maximum Gasteiger partial charge on any atom is 0.213 e. The second-order valence-corrected chi connectivity index (χ2v) is 6.56. The summed E-state index contributed by atoms with van der Waals surface area (Å²) in [5.74, 6) is 1.54. The smallest absolute Gasteiger partial charge is 0.213 e. The lowest BCUT2D eigenvalue weighted by atomic mass is 9.89. The highest BCUT2D eigenvalue weighted by atomic mass is 35.5. The van der Waals surface area contributed by atoms with Crippen LogP contribution in [-0.2, 0) is 6.54 Å². The summed E-state index contributed by atoms with van der Waals surface area (Å²) in [5, 5.41) is 4.07. The molecule has 0 amide bonds. The summed E-state index contributed by atoms with van der Waals surface area (Å²) in [6, 6.07) is 2.40. The SMILES string of the molecule is CC1CCC(Oc2cc(CNC(C)C)c(Cl)cn2)CC1. The van der Waals surface area contributed by atoms with E-state index in [0.29, 0.717) is 23.0 Å². The molecule has 0 radical (unpaired) electrons. The minimum atomic E-state index is 0.311. The van der Waals surface area contributed by atoms with Crippen molar-refractivity contribution in [1.29, 1.82) is 0 Å². The van der Waals surface area contributed by atoms with E-state index in [1.807, 2.05) is 6.07 Å². The highest BCUT2D eigenvalue weighted by molar-refractivity contribution is 6.31. The number of hydrogen-bond acceptors (Lipinski definition) is 3. The number of halogens is 1. The minimum Gasteiger partial charge on any atom is -0.474 e. The molecule has 1 fully saturated rings. The average molecular weight is 297 g/mol. The van der Waals surface area contributed by atoms with Crippen LogP contribution in [0.1, 0.15) is 52.0 Å². The molecule has 4 heteroatoms. The maximum absolute atomic E-state index is 6.18. The summed E-state index contributed by atoms with van der Waals surface area (Å²) in [7, 11) is 0. The van der Waals surface area contributed by atoms with Gasteiger partial charge in [0.2, 0.25) is 5.88 Å². The monoisotopic (exact) mass is 296 g/mol. The van der Waals surface area contributed by atoms with Crippen molar-refractivity contribution in [3.05, 3.63) is 22.8 Å². The molecule has 1 heterocycles. The van der Waals surface area contributed by atoms with Gasteiger partial charge < -0.3 is 10.1 Å². The predicted octanol–water partition coefficient (Wildman–Crippen LogP) is 4.19. The molecule has 1 aliphatic carbocycles. The molecule has 0 saturated heterocycles. The first-order valence-electron chi connectivity index (χ1n) is 7.59. The Labute approximate surface area is 127 Å². The van der Waals surface area contributed by atoms with Crippen LogP contribution >= 0.6 is 11.6 Å². The Morgan fingerprint density at radius 3 is 2.70 bits per heavy atom. The molecule has 3 nitrogen and oxygen atoms in total. The molecule has 2 rings (SSSR count). The Hall–Kier alpha value is -0.800. The van der Waals surface area contributed by atoms with Gasteiger partial charge in [-0.25, -0.2) is 4.98 Å². The Balaban J connectivity index is 1.96. The lowest BCUT2D eigenvalue weighted by Crippen LogP contribution is -2.24. The molecule has 0 spiro atoms. The third-order valence-corrected chi connectivity index (χ3v) is 4.20. The number of hydrogen-bond donors (Lipinski definition) is 1. The van der Waals surface area contributed by atoms with Crippen LogP contribution in [0.15, 0.2) is 12.3 Å². The summed E-state index contributed by atoms with van der Waals surface area (Å²) >= 11 is 6.18. The number of ether oxygens (including phenoxy) is 1. The molecule has 1 saturated carbocycles. The molecule has 20 heavy (non-hydrogen) atoms. The third-order valence-electron chi connectivity index (χ3n) is 3.86. The fourth-order valence-corrected chi connectivity index (χ4v) is 2.66. The van der Waals surface area contributed by atoms with Crippen LogP contribution in [-0.4, -0.2) is 17.1 Å². The number of nitrogens with zero attached hydrogens (tertiary/aromatic N) is 1. The van der Waals surface area contributed by atoms with Crippen LogP contribution < -0.4 is 10.1 Å². The second-order valence-electron chi connectivity index (χ2n) is 6.15. The van der Waals surface area contributed by atoms with Crippen molar-refractivity contribution < 1.29 is 4.74 Å². The van der Waals surface area contributed by atoms with E-state index in [2.05, 4.69) is 31.1 Å². The zero-order chi connectivity index (χ0) is 14.5. The van der Waals surface area contributed by atoms with Crippen molar-refractivity contribution in [3.63, 3.8) is 0 Å². The van der Waals surface area contributed by atoms with E-state index in [1.54, 1.807) is 6.20 Å². The molecule has 1 aromatic heterocycles. The van der Waals surface area contributed by atoms with Crippen molar-refractivity contribution in [1.82, 2.24) is 10.3 Å². The number of aromatic nitrogens is 1. The molecule has 0 aromatic carbocycles. The van der Waals surface area contributed by atoms with E-state index in [0.717, 1.165) is 30.9 Å². The normalized spacial score (nSPS) is 23.1. The number of nitrogens with one attached hydrogen (secondary N) is 1. The van der Waals surface area contributed by atoms with Crippen molar-refractivity contribution in [2.24, 2.45) is 5.92 Å². The largest absolute Gasteiger partial charge is 0.474 e. The highest BCUT2D eigenvalue weighted by Gasteiger charge is 2.20. The fourth-order valence-electron chi connectivity index (χ4n) is 2.49. The zero-order valence-electron chi connectivity index (χ0n) is 12.7. The van der Waals surface area contributed by atoms with Gasteiger partial charge in [-0.15, -0.1) is 0 Å². The van der Waals surface area contributed by atoms with Gasteiger partial charge in [-0.3, -0.25) is 0 Å². The first kappa shape index (κ1) is 15.6. The van der Waals surface area contributed by atoms with Crippen LogP contribution in [0.3, 0.4) is 0 Å².